The fraction of sp³-hybridized carbons (Fsp3) is 0.469. The van der Waals surface area contributed by atoms with Gasteiger partial charge in [-0.15, -0.1) is 0 Å². The van der Waals surface area contributed by atoms with E-state index in [1.165, 1.54) is 25.3 Å². The lowest BCUT2D eigenvalue weighted by atomic mass is 10.0. The van der Waals surface area contributed by atoms with Crippen molar-refractivity contribution in [1.29, 1.82) is 0 Å². The van der Waals surface area contributed by atoms with E-state index < -0.39 is 0 Å². The Hall–Kier alpha value is -3.56. The maximum atomic E-state index is 15.1. The zero-order valence-corrected chi connectivity index (χ0v) is 23.9. The third-order valence-electron chi connectivity index (χ3n) is 8.62. The minimum Gasteiger partial charge on any atom is -0.367 e. The first-order valence-electron chi connectivity index (χ1n) is 15.0. The number of rotatable bonds is 6. The standard InChI is InChI=1S/C32H39FN6O2/c1-36-16-18-38(19-17-36)29-22-28-26(21-27(29)33)32(41)39-14-5-6-24(31(39)35-28)20-23-7-9-25(10-8-23)34-30(40)11-15-37-12-3-2-4-13-37/h7-10,20-22H,2-6,11-19H2,1H3,(H,34,40)/b24-20+. The van der Waals surface area contributed by atoms with Crippen LogP contribution in [0.25, 0.3) is 22.6 Å². The smallest absolute Gasteiger partial charge is 0.261 e. The summed E-state index contributed by atoms with van der Waals surface area (Å²) in [7, 11) is 2.07. The molecule has 2 fully saturated rings. The van der Waals surface area contributed by atoms with E-state index in [1.54, 1.807) is 10.6 Å². The summed E-state index contributed by atoms with van der Waals surface area (Å²) in [4.78, 5) is 37.4. The van der Waals surface area contributed by atoms with Crippen molar-refractivity contribution in [2.75, 3.05) is 63.1 Å². The number of aromatic nitrogens is 2. The van der Waals surface area contributed by atoms with Gasteiger partial charge in [0.2, 0.25) is 5.91 Å². The van der Waals surface area contributed by atoms with Crippen LogP contribution in [0, 0.1) is 5.82 Å². The van der Waals surface area contributed by atoms with E-state index in [9.17, 15) is 9.59 Å². The second-order valence-corrected chi connectivity index (χ2v) is 11.6. The number of amides is 1. The summed E-state index contributed by atoms with van der Waals surface area (Å²) in [5, 5.41) is 3.34. The van der Waals surface area contributed by atoms with E-state index in [-0.39, 0.29) is 17.3 Å². The fourth-order valence-electron chi connectivity index (χ4n) is 6.18. The molecule has 2 aromatic carbocycles. The van der Waals surface area contributed by atoms with Crippen molar-refractivity contribution in [2.24, 2.45) is 0 Å². The SMILES string of the molecule is CN1CCN(c2cc3nc4n(c(=O)c3cc2F)CCC/C4=C\c2ccc(NC(=O)CCN3CCCCC3)cc2)CC1. The Morgan fingerprint density at radius 3 is 2.49 bits per heavy atom. The molecule has 41 heavy (non-hydrogen) atoms. The van der Waals surface area contributed by atoms with Gasteiger partial charge in [-0.05, 0) is 87.3 Å². The largest absolute Gasteiger partial charge is 0.367 e. The molecule has 0 atom stereocenters. The molecule has 2 saturated heterocycles. The van der Waals surface area contributed by atoms with Gasteiger partial charge in [0.25, 0.3) is 5.56 Å². The van der Waals surface area contributed by atoms with E-state index in [0.717, 1.165) is 75.5 Å². The molecule has 3 aliphatic rings. The van der Waals surface area contributed by atoms with Gasteiger partial charge in [-0.2, -0.15) is 0 Å². The van der Waals surface area contributed by atoms with Crippen LogP contribution in [-0.4, -0.2) is 78.1 Å². The van der Waals surface area contributed by atoms with Crippen LogP contribution in [-0.2, 0) is 11.3 Å². The summed E-state index contributed by atoms with van der Waals surface area (Å²) in [6.07, 6.45) is 7.92. The number of allylic oxidation sites excluding steroid dienone is 1. The number of carbonyl (C=O) groups is 1. The molecule has 0 unspecified atom stereocenters. The number of hydrogen-bond acceptors (Lipinski definition) is 6. The topological polar surface area (TPSA) is 73.7 Å². The number of piperazine rings is 1. The lowest BCUT2D eigenvalue weighted by Gasteiger charge is -2.34. The number of likely N-dealkylation sites (tertiary alicyclic amines) is 1. The van der Waals surface area contributed by atoms with Crippen LogP contribution >= 0.6 is 0 Å². The first-order valence-corrected chi connectivity index (χ1v) is 15.0. The number of nitrogens with one attached hydrogen (secondary N) is 1. The second kappa shape index (κ2) is 12.1. The Morgan fingerprint density at radius 1 is 0.976 bits per heavy atom. The molecular weight excluding hydrogens is 519 g/mol. The molecular formula is C32H39FN6O2. The number of carbonyl (C=O) groups excluding carboxylic acids is 1. The number of benzene rings is 2. The Morgan fingerprint density at radius 2 is 1.73 bits per heavy atom. The zero-order valence-electron chi connectivity index (χ0n) is 23.9. The molecule has 1 amide bonds. The van der Waals surface area contributed by atoms with Crippen LogP contribution in [0.4, 0.5) is 15.8 Å². The monoisotopic (exact) mass is 558 g/mol. The molecule has 6 rings (SSSR count). The van der Waals surface area contributed by atoms with Crippen molar-refractivity contribution in [3.63, 3.8) is 0 Å². The number of hydrogen-bond donors (Lipinski definition) is 1. The molecule has 3 aliphatic heterocycles. The highest BCUT2D eigenvalue weighted by molar-refractivity contribution is 5.91. The predicted octanol–water partition coefficient (Wildman–Crippen LogP) is 4.44. The number of piperidine rings is 1. The van der Waals surface area contributed by atoms with Crippen molar-refractivity contribution in [1.82, 2.24) is 19.4 Å². The van der Waals surface area contributed by atoms with Crippen molar-refractivity contribution in [3.8, 4) is 0 Å². The van der Waals surface area contributed by atoms with E-state index in [1.807, 2.05) is 29.2 Å². The molecule has 0 aliphatic carbocycles. The van der Waals surface area contributed by atoms with Gasteiger partial charge in [0, 0.05) is 51.4 Å². The maximum Gasteiger partial charge on any atom is 0.261 e. The molecule has 4 heterocycles. The van der Waals surface area contributed by atoms with E-state index in [2.05, 4.69) is 28.2 Å². The highest BCUT2D eigenvalue weighted by atomic mass is 19.1. The molecule has 1 aromatic heterocycles. The third-order valence-corrected chi connectivity index (χ3v) is 8.62. The van der Waals surface area contributed by atoms with Crippen molar-refractivity contribution >= 4 is 39.8 Å². The molecule has 3 aromatic rings. The Bertz CT molecular complexity index is 1500. The van der Waals surface area contributed by atoms with E-state index in [4.69, 9.17) is 4.98 Å². The third kappa shape index (κ3) is 6.21. The van der Waals surface area contributed by atoms with Crippen LogP contribution in [0.3, 0.4) is 0 Å². The minimum absolute atomic E-state index is 0.0331. The molecule has 0 spiro atoms. The lowest BCUT2D eigenvalue weighted by Crippen LogP contribution is -2.44. The number of fused-ring (bicyclic) bond motifs is 2. The molecule has 8 nitrogen and oxygen atoms in total. The maximum absolute atomic E-state index is 15.1. The van der Waals surface area contributed by atoms with Gasteiger partial charge in [-0.3, -0.25) is 14.2 Å². The number of halogens is 1. The molecule has 1 N–H and O–H groups in total. The Balaban J connectivity index is 1.21. The van der Waals surface area contributed by atoms with Gasteiger partial charge in [0.05, 0.1) is 16.6 Å². The summed E-state index contributed by atoms with van der Waals surface area (Å²) in [6, 6.07) is 10.9. The Labute approximate surface area is 240 Å². The molecule has 0 saturated carbocycles. The van der Waals surface area contributed by atoms with Gasteiger partial charge in [-0.1, -0.05) is 18.6 Å². The summed E-state index contributed by atoms with van der Waals surface area (Å²) in [6.45, 7) is 6.76. The van der Waals surface area contributed by atoms with Gasteiger partial charge in [0.1, 0.15) is 11.6 Å². The van der Waals surface area contributed by atoms with Crippen LogP contribution in [0.15, 0.2) is 41.2 Å². The predicted molar refractivity (Wildman–Crippen MR) is 163 cm³/mol. The van der Waals surface area contributed by atoms with Crippen molar-refractivity contribution in [2.45, 2.75) is 45.1 Å². The van der Waals surface area contributed by atoms with Crippen LogP contribution < -0.4 is 15.8 Å². The normalized spacial score (nSPS) is 19.5. The highest BCUT2D eigenvalue weighted by Gasteiger charge is 2.23. The van der Waals surface area contributed by atoms with Crippen LogP contribution in [0.2, 0.25) is 0 Å². The second-order valence-electron chi connectivity index (χ2n) is 11.6. The summed E-state index contributed by atoms with van der Waals surface area (Å²) in [5.74, 6) is 0.317. The Kier molecular flexibility index (Phi) is 8.16. The molecule has 0 bridgehead atoms. The number of nitrogens with zero attached hydrogens (tertiary/aromatic N) is 5. The number of anilines is 2. The van der Waals surface area contributed by atoms with E-state index in [0.29, 0.717) is 35.4 Å². The number of likely N-dealkylation sites (N-methyl/N-ethyl adjacent to an activating group) is 1. The summed E-state index contributed by atoms with van der Waals surface area (Å²) < 4.78 is 16.8. The van der Waals surface area contributed by atoms with E-state index >= 15 is 4.39 Å². The molecule has 216 valence electrons. The first-order chi connectivity index (χ1) is 19.9. The van der Waals surface area contributed by atoms with Crippen molar-refractivity contribution in [3.05, 3.63) is 64.0 Å². The van der Waals surface area contributed by atoms with Gasteiger partial charge in [0.15, 0.2) is 0 Å². The molecule has 0 radical (unpaired) electrons. The summed E-state index contributed by atoms with van der Waals surface area (Å²) >= 11 is 0. The van der Waals surface area contributed by atoms with Crippen molar-refractivity contribution < 1.29 is 9.18 Å². The first kappa shape index (κ1) is 27.6. The van der Waals surface area contributed by atoms with Gasteiger partial charge < -0.3 is 20.0 Å². The highest BCUT2D eigenvalue weighted by Crippen LogP contribution is 2.30. The van der Waals surface area contributed by atoms with Gasteiger partial charge >= 0.3 is 0 Å². The van der Waals surface area contributed by atoms with Gasteiger partial charge in [-0.25, -0.2) is 9.37 Å². The zero-order chi connectivity index (χ0) is 28.3. The molecule has 9 heteroatoms. The van der Waals surface area contributed by atoms with Crippen LogP contribution in [0.1, 0.15) is 49.9 Å². The average Bonchev–Trinajstić information content (AvgIpc) is 2.99. The van der Waals surface area contributed by atoms with Crippen LogP contribution in [0.5, 0.6) is 0 Å². The lowest BCUT2D eigenvalue weighted by molar-refractivity contribution is -0.116. The quantitative estimate of drug-likeness (QED) is 0.483. The average molecular weight is 559 g/mol. The summed E-state index contributed by atoms with van der Waals surface area (Å²) in [5.41, 5.74) is 3.59. The minimum atomic E-state index is -0.369. The fourth-order valence-corrected chi connectivity index (χ4v) is 6.18.